The van der Waals surface area contributed by atoms with Crippen LogP contribution in [0.3, 0.4) is 0 Å². The number of guanidine groups is 1. The van der Waals surface area contributed by atoms with E-state index in [1.807, 2.05) is 48.5 Å². The first-order valence-corrected chi connectivity index (χ1v) is 8.87. The molecule has 1 unspecified atom stereocenters. The Morgan fingerprint density at radius 1 is 1.26 bits per heavy atom. The van der Waals surface area contributed by atoms with Crippen LogP contribution in [0.5, 0.6) is 11.5 Å². The zero-order valence-corrected chi connectivity index (χ0v) is 15.3. The molecule has 7 heteroatoms. The molecule has 0 fully saturated rings. The molecule has 3 rings (SSSR count). The number of rotatable bonds is 7. The van der Waals surface area contributed by atoms with Gasteiger partial charge in [-0.15, -0.1) is 0 Å². The standard InChI is InChI=1S/C20H24N4O3/c1-24-16-4-2-3-5-17(16)27-18(19(24)25)11-13-26-15-8-6-14(7-9-15)10-12-23-20(21)22/h2-9,18H,10-13H2,1H3,(H4,21,22,23). The number of fused-ring (bicyclic) bond motifs is 1. The van der Waals surface area contributed by atoms with Gasteiger partial charge in [-0.05, 0) is 36.2 Å². The van der Waals surface area contributed by atoms with Crippen LogP contribution in [-0.2, 0) is 11.2 Å². The lowest BCUT2D eigenvalue weighted by molar-refractivity contribution is -0.126. The van der Waals surface area contributed by atoms with Crippen molar-refractivity contribution < 1.29 is 14.3 Å². The number of hydrogen-bond acceptors (Lipinski definition) is 4. The van der Waals surface area contributed by atoms with Crippen LogP contribution in [0.1, 0.15) is 12.0 Å². The number of hydrogen-bond donors (Lipinski definition) is 3. The Bertz CT molecular complexity index is 807. The molecule has 142 valence electrons. The second kappa shape index (κ2) is 8.44. The Morgan fingerprint density at radius 2 is 2.00 bits per heavy atom. The van der Waals surface area contributed by atoms with E-state index in [-0.39, 0.29) is 11.9 Å². The van der Waals surface area contributed by atoms with E-state index in [0.29, 0.717) is 25.3 Å². The highest BCUT2D eigenvalue weighted by Gasteiger charge is 2.31. The summed E-state index contributed by atoms with van der Waals surface area (Å²) in [4.78, 5) is 14.1. The Labute approximate surface area is 158 Å². The summed E-state index contributed by atoms with van der Waals surface area (Å²) >= 11 is 0. The molecule has 1 amide bonds. The highest BCUT2D eigenvalue weighted by atomic mass is 16.5. The molecule has 0 spiro atoms. The maximum absolute atomic E-state index is 12.4. The number of nitrogens with two attached hydrogens (primary N) is 1. The van der Waals surface area contributed by atoms with Gasteiger partial charge in [0, 0.05) is 20.0 Å². The minimum Gasteiger partial charge on any atom is -0.493 e. The molecule has 27 heavy (non-hydrogen) atoms. The Kier molecular flexibility index (Phi) is 5.80. The maximum Gasteiger partial charge on any atom is 0.268 e. The minimum atomic E-state index is -0.540. The first-order chi connectivity index (χ1) is 13.0. The highest BCUT2D eigenvalue weighted by Crippen LogP contribution is 2.33. The molecule has 0 bridgehead atoms. The van der Waals surface area contributed by atoms with Crippen LogP contribution in [0.15, 0.2) is 48.5 Å². The summed E-state index contributed by atoms with van der Waals surface area (Å²) < 4.78 is 11.6. The second-order valence-corrected chi connectivity index (χ2v) is 6.34. The molecule has 4 N–H and O–H groups in total. The highest BCUT2D eigenvalue weighted by molar-refractivity contribution is 5.99. The van der Waals surface area contributed by atoms with Crippen molar-refractivity contribution in [2.45, 2.75) is 18.9 Å². The zero-order valence-electron chi connectivity index (χ0n) is 15.3. The smallest absolute Gasteiger partial charge is 0.268 e. The van der Waals surface area contributed by atoms with Crippen LogP contribution in [0.4, 0.5) is 5.69 Å². The number of nitrogens with one attached hydrogen (secondary N) is 2. The van der Waals surface area contributed by atoms with Gasteiger partial charge in [0.2, 0.25) is 0 Å². The van der Waals surface area contributed by atoms with Gasteiger partial charge in [-0.3, -0.25) is 10.2 Å². The van der Waals surface area contributed by atoms with Crippen LogP contribution >= 0.6 is 0 Å². The van der Waals surface area contributed by atoms with Gasteiger partial charge in [-0.2, -0.15) is 0 Å². The van der Waals surface area contributed by atoms with E-state index >= 15 is 0 Å². The molecule has 7 nitrogen and oxygen atoms in total. The van der Waals surface area contributed by atoms with Crippen LogP contribution in [0, 0.1) is 5.41 Å². The van der Waals surface area contributed by atoms with Crippen LogP contribution in [0.25, 0.3) is 0 Å². The third kappa shape index (κ3) is 4.69. The summed E-state index contributed by atoms with van der Waals surface area (Å²) in [7, 11) is 1.76. The zero-order chi connectivity index (χ0) is 19.2. The average molecular weight is 368 g/mol. The van der Waals surface area contributed by atoms with Crippen molar-refractivity contribution in [3.63, 3.8) is 0 Å². The molecule has 0 aliphatic carbocycles. The number of nitrogens with zero attached hydrogens (tertiary/aromatic N) is 1. The predicted octanol–water partition coefficient (Wildman–Crippen LogP) is 1.91. The van der Waals surface area contributed by atoms with Crippen LogP contribution in [0.2, 0.25) is 0 Å². The average Bonchev–Trinajstić information content (AvgIpc) is 2.66. The van der Waals surface area contributed by atoms with Gasteiger partial charge >= 0.3 is 0 Å². The van der Waals surface area contributed by atoms with Gasteiger partial charge in [-0.1, -0.05) is 24.3 Å². The third-order valence-electron chi connectivity index (χ3n) is 4.40. The number of anilines is 1. The van der Waals surface area contributed by atoms with E-state index in [1.54, 1.807) is 11.9 Å². The number of likely N-dealkylation sites (N-methyl/N-ethyl adjacent to an activating group) is 1. The van der Waals surface area contributed by atoms with E-state index in [0.717, 1.165) is 23.4 Å². The van der Waals surface area contributed by atoms with Gasteiger partial charge in [0.05, 0.1) is 12.3 Å². The maximum atomic E-state index is 12.4. The summed E-state index contributed by atoms with van der Waals surface area (Å²) in [6.07, 6.45) is 0.708. The molecule has 1 aliphatic heterocycles. The van der Waals surface area contributed by atoms with Crippen LogP contribution in [-0.4, -0.2) is 38.2 Å². The molecule has 1 atom stereocenters. The van der Waals surface area contributed by atoms with Crippen molar-refractivity contribution >= 4 is 17.6 Å². The van der Waals surface area contributed by atoms with Gasteiger partial charge in [0.25, 0.3) is 5.91 Å². The third-order valence-corrected chi connectivity index (χ3v) is 4.40. The molecule has 0 saturated carbocycles. The number of ether oxygens (including phenoxy) is 2. The fourth-order valence-electron chi connectivity index (χ4n) is 2.93. The van der Waals surface area contributed by atoms with Gasteiger partial charge in [-0.25, -0.2) is 0 Å². The first-order valence-electron chi connectivity index (χ1n) is 8.87. The summed E-state index contributed by atoms with van der Waals surface area (Å²) in [5.41, 5.74) is 7.17. The van der Waals surface area contributed by atoms with E-state index in [2.05, 4.69) is 5.32 Å². The van der Waals surface area contributed by atoms with Crippen molar-refractivity contribution in [3.05, 3.63) is 54.1 Å². The van der Waals surface area contributed by atoms with E-state index in [9.17, 15) is 4.79 Å². The normalized spacial score (nSPS) is 15.7. The lowest BCUT2D eigenvalue weighted by atomic mass is 10.1. The Hall–Kier alpha value is -3.22. The molecule has 0 saturated heterocycles. The summed E-state index contributed by atoms with van der Waals surface area (Å²) in [5.74, 6) is 1.37. The molecule has 0 radical (unpaired) electrons. The molecular weight excluding hydrogens is 344 g/mol. The monoisotopic (exact) mass is 368 g/mol. The lowest BCUT2D eigenvalue weighted by Crippen LogP contribution is -2.44. The first kappa shape index (κ1) is 18.6. The van der Waals surface area contributed by atoms with Gasteiger partial charge in [0.15, 0.2) is 12.1 Å². The number of carbonyl (C=O) groups excluding carboxylic acids is 1. The van der Waals surface area contributed by atoms with E-state index < -0.39 is 6.10 Å². The predicted molar refractivity (Wildman–Crippen MR) is 104 cm³/mol. The largest absolute Gasteiger partial charge is 0.493 e. The van der Waals surface area contributed by atoms with Gasteiger partial charge < -0.3 is 25.4 Å². The summed E-state index contributed by atoms with van der Waals surface area (Å²) in [6, 6.07) is 15.3. The number of para-hydroxylation sites is 2. The molecule has 1 heterocycles. The molecule has 0 aromatic heterocycles. The molecule has 1 aliphatic rings. The molecule has 2 aromatic carbocycles. The SMILES string of the molecule is CN1C(=O)C(CCOc2ccc(CCNC(=N)N)cc2)Oc2ccccc21. The van der Waals surface area contributed by atoms with E-state index in [4.69, 9.17) is 20.6 Å². The summed E-state index contributed by atoms with van der Waals surface area (Å²) in [5, 5.41) is 9.91. The van der Waals surface area contributed by atoms with Crippen molar-refractivity contribution in [1.29, 1.82) is 5.41 Å². The van der Waals surface area contributed by atoms with Crippen molar-refractivity contribution in [1.82, 2.24) is 5.32 Å². The lowest BCUT2D eigenvalue weighted by Gasteiger charge is -2.31. The van der Waals surface area contributed by atoms with Crippen LogP contribution < -0.4 is 25.4 Å². The second-order valence-electron chi connectivity index (χ2n) is 6.34. The minimum absolute atomic E-state index is 0.0253. The van der Waals surface area contributed by atoms with Gasteiger partial charge in [0.1, 0.15) is 11.5 Å². The fourth-order valence-corrected chi connectivity index (χ4v) is 2.93. The van der Waals surface area contributed by atoms with Crippen molar-refractivity contribution in [3.8, 4) is 11.5 Å². The number of benzene rings is 2. The number of amides is 1. The van der Waals surface area contributed by atoms with Crippen molar-refractivity contribution in [2.75, 3.05) is 25.1 Å². The molecular formula is C20H24N4O3. The Morgan fingerprint density at radius 3 is 2.74 bits per heavy atom. The van der Waals surface area contributed by atoms with Crippen molar-refractivity contribution in [2.24, 2.45) is 5.73 Å². The Balaban J connectivity index is 1.48. The van der Waals surface area contributed by atoms with E-state index in [1.165, 1.54) is 0 Å². The fraction of sp³-hybridized carbons (Fsp3) is 0.300. The number of carbonyl (C=O) groups is 1. The topological polar surface area (TPSA) is 101 Å². The molecule has 2 aromatic rings. The summed E-state index contributed by atoms with van der Waals surface area (Å²) in [6.45, 7) is 1.00. The quantitative estimate of drug-likeness (QED) is 0.512.